The molecule has 2 amide bonds. The van der Waals surface area contributed by atoms with E-state index in [0.717, 1.165) is 31.5 Å². The van der Waals surface area contributed by atoms with Crippen LogP contribution in [0.5, 0.6) is 0 Å². The lowest BCUT2D eigenvalue weighted by Crippen LogP contribution is -2.29. The molecule has 0 unspecified atom stereocenters. The van der Waals surface area contributed by atoms with Crippen molar-refractivity contribution in [2.45, 2.75) is 19.3 Å². The van der Waals surface area contributed by atoms with Gasteiger partial charge in [-0.1, -0.05) is 12.1 Å². The Bertz CT molecular complexity index is 712. The summed E-state index contributed by atoms with van der Waals surface area (Å²) < 4.78 is 5.13. The summed E-state index contributed by atoms with van der Waals surface area (Å²) in [5.74, 6) is 0.568. The third-order valence-corrected chi connectivity index (χ3v) is 3.98. The van der Waals surface area contributed by atoms with Crippen LogP contribution in [0.2, 0.25) is 0 Å². The molecule has 1 saturated heterocycles. The number of nitrogens with one attached hydrogen (secondary N) is 1. The van der Waals surface area contributed by atoms with Gasteiger partial charge < -0.3 is 14.6 Å². The lowest BCUT2D eigenvalue weighted by Gasteiger charge is -2.15. The Kier molecular flexibility index (Phi) is 5.11. The molecule has 1 fully saturated rings. The van der Waals surface area contributed by atoms with Crippen LogP contribution in [0.1, 0.15) is 24.2 Å². The number of hydrogen-bond donors (Lipinski definition) is 1. The normalized spacial score (nSPS) is 14.2. The van der Waals surface area contributed by atoms with Gasteiger partial charge in [-0.05, 0) is 48.7 Å². The van der Waals surface area contributed by atoms with E-state index in [1.165, 1.54) is 6.08 Å². The van der Waals surface area contributed by atoms with Gasteiger partial charge in [-0.25, -0.2) is 0 Å². The SMILES string of the molecule is O=C(C=Cc1ccco1)Nc1ccc(CC(=O)N2CCCC2)cc1. The molecule has 0 bridgehead atoms. The average Bonchev–Trinajstić information content (AvgIpc) is 3.28. The minimum absolute atomic E-state index is 0.172. The second kappa shape index (κ2) is 7.64. The molecule has 1 N–H and O–H groups in total. The summed E-state index contributed by atoms with van der Waals surface area (Å²) in [4.78, 5) is 25.9. The molecular weight excluding hydrogens is 304 g/mol. The molecule has 1 aromatic heterocycles. The highest BCUT2D eigenvalue weighted by Crippen LogP contribution is 2.14. The van der Waals surface area contributed by atoms with E-state index in [2.05, 4.69) is 5.32 Å². The predicted octanol–water partition coefficient (Wildman–Crippen LogP) is 3.10. The summed E-state index contributed by atoms with van der Waals surface area (Å²) in [7, 11) is 0. The fraction of sp³-hybridized carbons (Fsp3) is 0.263. The van der Waals surface area contributed by atoms with Gasteiger partial charge in [0.2, 0.25) is 11.8 Å². The average molecular weight is 324 g/mol. The molecule has 2 heterocycles. The fourth-order valence-corrected chi connectivity index (χ4v) is 2.69. The van der Waals surface area contributed by atoms with Crippen molar-refractivity contribution in [3.63, 3.8) is 0 Å². The lowest BCUT2D eigenvalue weighted by atomic mass is 10.1. The van der Waals surface area contributed by atoms with Crippen molar-refractivity contribution in [1.82, 2.24) is 4.90 Å². The second-order valence-electron chi connectivity index (χ2n) is 5.80. The Balaban J connectivity index is 1.52. The van der Waals surface area contributed by atoms with E-state index in [9.17, 15) is 9.59 Å². The number of likely N-dealkylation sites (tertiary alicyclic amines) is 1. The van der Waals surface area contributed by atoms with E-state index < -0.39 is 0 Å². The van der Waals surface area contributed by atoms with Crippen molar-refractivity contribution in [2.24, 2.45) is 0 Å². The van der Waals surface area contributed by atoms with Gasteiger partial charge in [-0.15, -0.1) is 0 Å². The number of hydrogen-bond acceptors (Lipinski definition) is 3. The molecule has 1 aliphatic heterocycles. The quantitative estimate of drug-likeness (QED) is 0.860. The molecule has 5 nitrogen and oxygen atoms in total. The number of benzene rings is 1. The summed E-state index contributed by atoms with van der Waals surface area (Å²) in [6.45, 7) is 1.74. The van der Waals surface area contributed by atoms with Crippen molar-refractivity contribution in [1.29, 1.82) is 0 Å². The first-order valence-electron chi connectivity index (χ1n) is 8.10. The molecule has 0 spiro atoms. The van der Waals surface area contributed by atoms with Crippen LogP contribution in [0.25, 0.3) is 6.08 Å². The predicted molar refractivity (Wildman–Crippen MR) is 92.3 cm³/mol. The highest BCUT2D eigenvalue weighted by Gasteiger charge is 2.17. The van der Waals surface area contributed by atoms with E-state index in [1.807, 2.05) is 29.2 Å². The van der Waals surface area contributed by atoms with Crippen LogP contribution >= 0.6 is 0 Å². The Hall–Kier alpha value is -2.82. The largest absolute Gasteiger partial charge is 0.465 e. The van der Waals surface area contributed by atoms with Crippen molar-refractivity contribution >= 4 is 23.6 Å². The highest BCUT2D eigenvalue weighted by atomic mass is 16.3. The second-order valence-corrected chi connectivity index (χ2v) is 5.80. The van der Waals surface area contributed by atoms with Crippen LogP contribution in [0.15, 0.2) is 53.2 Å². The molecule has 124 valence electrons. The highest BCUT2D eigenvalue weighted by molar-refractivity contribution is 6.01. The number of carbonyl (C=O) groups is 2. The fourth-order valence-electron chi connectivity index (χ4n) is 2.69. The van der Waals surface area contributed by atoms with Gasteiger partial charge in [-0.3, -0.25) is 9.59 Å². The van der Waals surface area contributed by atoms with E-state index in [0.29, 0.717) is 17.9 Å². The number of anilines is 1. The third kappa shape index (κ3) is 4.35. The van der Waals surface area contributed by atoms with Gasteiger partial charge in [0.05, 0.1) is 12.7 Å². The topological polar surface area (TPSA) is 62.6 Å². The minimum atomic E-state index is -0.229. The zero-order valence-corrected chi connectivity index (χ0v) is 13.4. The molecule has 2 aromatic rings. The summed E-state index contributed by atoms with van der Waals surface area (Å²) >= 11 is 0. The van der Waals surface area contributed by atoms with Crippen molar-refractivity contribution in [3.05, 3.63) is 60.1 Å². The van der Waals surface area contributed by atoms with Crippen LogP contribution < -0.4 is 5.32 Å². The summed E-state index contributed by atoms with van der Waals surface area (Å²) in [5.41, 5.74) is 1.65. The van der Waals surface area contributed by atoms with E-state index in [4.69, 9.17) is 4.42 Å². The Morgan fingerprint density at radius 3 is 2.54 bits per heavy atom. The van der Waals surface area contributed by atoms with Gasteiger partial charge in [0.25, 0.3) is 0 Å². The number of nitrogens with zero attached hydrogens (tertiary/aromatic N) is 1. The zero-order chi connectivity index (χ0) is 16.8. The molecule has 24 heavy (non-hydrogen) atoms. The molecule has 0 radical (unpaired) electrons. The van der Waals surface area contributed by atoms with Crippen LogP contribution in [0.4, 0.5) is 5.69 Å². The number of carbonyl (C=O) groups excluding carboxylic acids is 2. The molecule has 1 aliphatic rings. The smallest absolute Gasteiger partial charge is 0.248 e. The molecule has 1 aromatic carbocycles. The first kappa shape index (κ1) is 16.1. The maximum atomic E-state index is 12.1. The Morgan fingerprint density at radius 1 is 1.12 bits per heavy atom. The van der Waals surface area contributed by atoms with Gasteiger partial charge in [0, 0.05) is 24.9 Å². The molecule has 3 rings (SSSR count). The van der Waals surface area contributed by atoms with Crippen LogP contribution in [0, 0.1) is 0 Å². The van der Waals surface area contributed by atoms with Crippen LogP contribution in [0.3, 0.4) is 0 Å². The van der Waals surface area contributed by atoms with Gasteiger partial charge >= 0.3 is 0 Å². The summed E-state index contributed by atoms with van der Waals surface area (Å²) in [6, 6.07) is 10.9. The molecule has 5 heteroatoms. The molecular formula is C19H20N2O3. The van der Waals surface area contributed by atoms with Gasteiger partial charge in [0.15, 0.2) is 0 Å². The maximum absolute atomic E-state index is 12.1. The number of rotatable bonds is 5. The molecule has 0 saturated carbocycles. The standard InChI is InChI=1S/C19H20N2O3/c22-18(10-9-17-4-3-13-24-17)20-16-7-5-15(6-8-16)14-19(23)21-11-1-2-12-21/h3-10,13H,1-2,11-12,14H2,(H,20,22). The number of amides is 2. The van der Waals surface area contributed by atoms with Crippen LogP contribution in [-0.4, -0.2) is 29.8 Å². The Labute approximate surface area is 141 Å². The zero-order valence-electron chi connectivity index (χ0n) is 13.4. The Morgan fingerprint density at radius 2 is 1.88 bits per heavy atom. The van der Waals surface area contributed by atoms with Gasteiger partial charge in [0.1, 0.15) is 5.76 Å². The van der Waals surface area contributed by atoms with E-state index >= 15 is 0 Å². The van der Waals surface area contributed by atoms with Crippen LogP contribution in [-0.2, 0) is 16.0 Å². The third-order valence-electron chi connectivity index (χ3n) is 3.98. The minimum Gasteiger partial charge on any atom is -0.465 e. The first-order valence-corrected chi connectivity index (χ1v) is 8.10. The van der Waals surface area contributed by atoms with Crippen molar-refractivity contribution in [2.75, 3.05) is 18.4 Å². The monoisotopic (exact) mass is 324 g/mol. The van der Waals surface area contributed by atoms with Crippen molar-refractivity contribution < 1.29 is 14.0 Å². The molecule has 0 atom stereocenters. The summed E-state index contributed by atoms with van der Waals surface area (Å²) in [5, 5.41) is 2.78. The maximum Gasteiger partial charge on any atom is 0.248 e. The summed E-state index contributed by atoms with van der Waals surface area (Å²) in [6.07, 6.45) is 7.19. The molecule has 0 aliphatic carbocycles. The van der Waals surface area contributed by atoms with E-state index in [1.54, 1.807) is 24.5 Å². The van der Waals surface area contributed by atoms with Gasteiger partial charge in [-0.2, -0.15) is 0 Å². The first-order chi connectivity index (χ1) is 11.7. The van der Waals surface area contributed by atoms with E-state index in [-0.39, 0.29) is 11.8 Å². The van der Waals surface area contributed by atoms with Crippen molar-refractivity contribution in [3.8, 4) is 0 Å². The lowest BCUT2D eigenvalue weighted by molar-refractivity contribution is -0.129. The number of furan rings is 1.